The second-order valence-electron chi connectivity index (χ2n) is 5.13. The molecule has 3 N–H and O–H groups in total. The fourth-order valence-corrected chi connectivity index (χ4v) is 2.36. The fourth-order valence-electron chi connectivity index (χ4n) is 2.36. The number of amides is 2. The zero-order valence-electron chi connectivity index (χ0n) is 11.6. The SMILES string of the molecule is Cc1[nH]ncc1CCCNC(=O)N1CCC(C(=O)O)C1. The highest BCUT2D eigenvalue weighted by Gasteiger charge is 2.30. The number of urea groups is 1. The van der Waals surface area contributed by atoms with Crippen LogP contribution in [0.15, 0.2) is 6.20 Å². The van der Waals surface area contributed by atoms with Crippen molar-refractivity contribution in [2.75, 3.05) is 19.6 Å². The molecule has 2 amide bonds. The Morgan fingerprint density at radius 1 is 1.60 bits per heavy atom. The van der Waals surface area contributed by atoms with Crippen molar-refractivity contribution in [3.8, 4) is 0 Å². The molecular weight excluding hydrogens is 260 g/mol. The van der Waals surface area contributed by atoms with Crippen molar-refractivity contribution < 1.29 is 14.7 Å². The number of rotatable bonds is 5. The Balaban J connectivity index is 1.66. The minimum absolute atomic E-state index is 0.169. The molecule has 1 aliphatic heterocycles. The van der Waals surface area contributed by atoms with Gasteiger partial charge in [-0.3, -0.25) is 9.89 Å². The number of carbonyl (C=O) groups excluding carboxylic acids is 1. The van der Waals surface area contributed by atoms with E-state index in [1.807, 2.05) is 6.92 Å². The molecule has 20 heavy (non-hydrogen) atoms. The molecule has 1 fully saturated rings. The van der Waals surface area contributed by atoms with Gasteiger partial charge in [0.25, 0.3) is 0 Å². The third kappa shape index (κ3) is 3.49. The molecule has 1 aromatic rings. The van der Waals surface area contributed by atoms with Crippen molar-refractivity contribution >= 4 is 12.0 Å². The Bertz CT molecular complexity index is 486. The molecule has 0 bridgehead atoms. The smallest absolute Gasteiger partial charge is 0.317 e. The highest BCUT2D eigenvalue weighted by molar-refractivity contribution is 5.77. The number of carbonyl (C=O) groups is 2. The van der Waals surface area contributed by atoms with E-state index in [-0.39, 0.29) is 6.03 Å². The lowest BCUT2D eigenvalue weighted by atomic mass is 10.1. The molecule has 0 saturated carbocycles. The number of hydrogen-bond acceptors (Lipinski definition) is 3. The van der Waals surface area contributed by atoms with Crippen LogP contribution in [0.4, 0.5) is 4.79 Å². The molecule has 0 radical (unpaired) electrons. The third-order valence-corrected chi connectivity index (χ3v) is 3.66. The molecule has 1 unspecified atom stereocenters. The summed E-state index contributed by atoms with van der Waals surface area (Å²) in [5.41, 5.74) is 2.21. The Morgan fingerprint density at radius 2 is 2.40 bits per heavy atom. The van der Waals surface area contributed by atoms with E-state index in [2.05, 4.69) is 15.5 Å². The summed E-state index contributed by atoms with van der Waals surface area (Å²) in [6.07, 6.45) is 4.04. The van der Waals surface area contributed by atoms with Crippen LogP contribution in [0.5, 0.6) is 0 Å². The number of H-pyrrole nitrogens is 1. The molecule has 1 atom stereocenters. The molecule has 7 nitrogen and oxygen atoms in total. The minimum atomic E-state index is -0.823. The zero-order valence-corrected chi connectivity index (χ0v) is 11.6. The maximum Gasteiger partial charge on any atom is 0.317 e. The Morgan fingerprint density at radius 3 is 3.00 bits per heavy atom. The second-order valence-corrected chi connectivity index (χ2v) is 5.13. The van der Waals surface area contributed by atoms with Crippen molar-refractivity contribution in [2.24, 2.45) is 5.92 Å². The van der Waals surface area contributed by atoms with E-state index >= 15 is 0 Å². The van der Waals surface area contributed by atoms with Crippen LogP contribution in [0.2, 0.25) is 0 Å². The van der Waals surface area contributed by atoms with E-state index in [0.717, 1.165) is 24.1 Å². The van der Waals surface area contributed by atoms with E-state index in [4.69, 9.17) is 5.11 Å². The van der Waals surface area contributed by atoms with E-state index in [0.29, 0.717) is 26.1 Å². The van der Waals surface area contributed by atoms with Gasteiger partial charge in [0.1, 0.15) is 0 Å². The number of aliphatic carboxylic acids is 1. The van der Waals surface area contributed by atoms with Gasteiger partial charge in [-0.1, -0.05) is 0 Å². The summed E-state index contributed by atoms with van der Waals surface area (Å²) in [6.45, 7) is 3.38. The van der Waals surface area contributed by atoms with Gasteiger partial charge < -0.3 is 15.3 Å². The van der Waals surface area contributed by atoms with Crippen molar-refractivity contribution in [2.45, 2.75) is 26.2 Å². The van der Waals surface area contributed by atoms with E-state index in [1.165, 1.54) is 0 Å². The summed E-state index contributed by atoms with van der Waals surface area (Å²) in [7, 11) is 0. The van der Waals surface area contributed by atoms with Crippen molar-refractivity contribution in [3.05, 3.63) is 17.5 Å². The number of hydrogen-bond donors (Lipinski definition) is 3. The van der Waals surface area contributed by atoms with Crippen LogP contribution in [0, 0.1) is 12.8 Å². The summed E-state index contributed by atoms with van der Waals surface area (Å²) in [5.74, 6) is -1.25. The van der Waals surface area contributed by atoms with Gasteiger partial charge in [0.2, 0.25) is 0 Å². The third-order valence-electron chi connectivity index (χ3n) is 3.66. The van der Waals surface area contributed by atoms with Gasteiger partial charge in [-0.05, 0) is 31.7 Å². The van der Waals surface area contributed by atoms with Gasteiger partial charge in [0.05, 0.1) is 12.1 Å². The average Bonchev–Trinajstić information content (AvgIpc) is 3.03. The monoisotopic (exact) mass is 280 g/mol. The Labute approximate surface area is 117 Å². The number of aromatic amines is 1. The molecule has 0 spiro atoms. The van der Waals surface area contributed by atoms with Crippen LogP contribution >= 0.6 is 0 Å². The average molecular weight is 280 g/mol. The van der Waals surface area contributed by atoms with Gasteiger partial charge in [0, 0.05) is 25.3 Å². The lowest BCUT2D eigenvalue weighted by Gasteiger charge is -2.16. The summed E-state index contributed by atoms with van der Waals surface area (Å²) in [6, 6.07) is -0.169. The summed E-state index contributed by atoms with van der Waals surface area (Å²) >= 11 is 0. The molecule has 7 heteroatoms. The number of carboxylic acid groups (broad SMARTS) is 1. The van der Waals surface area contributed by atoms with Gasteiger partial charge >= 0.3 is 12.0 Å². The quantitative estimate of drug-likeness (QED) is 0.694. The van der Waals surface area contributed by atoms with Crippen molar-refractivity contribution in [1.29, 1.82) is 0 Å². The Kier molecular flexibility index (Phi) is 4.60. The first-order chi connectivity index (χ1) is 9.58. The van der Waals surface area contributed by atoms with Crippen LogP contribution in [-0.4, -0.2) is 51.8 Å². The Hall–Kier alpha value is -2.05. The molecule has 1 saturated heterocycles. The van der Waals surface area contributed by atoms with Crippen LogP contribution < -0.4 is 5.32 Å². The number of aryl methyl sites for hydroxylation is 2. The first kappa shape index (κ1) is 14.4. The maximum atomic E-state index is 11.8. The molecule has 0 aliphatic carbocycles. The highest BCUT2D eigenvalue weighted by atomic mass is 16.4. The lowest BCUT2D eigenvalue weighted by Crippen LogP contribution is -2.39. The number of likely N-dealkylation sites (tertiary alicyclic amines) is 1. The number of carboxylic acids is 1. The normalized spacial score (nSPS) is 18.2. The molecule has 1 aliphatic rings. The van der Waals surface area contributed by atoms with E-state index in [9.17, 15) is 9.59 Å². The predicted molar refractivity (Wildman–Crippen MR) is 72.4 cm³/mol. The van der Waals surface area contributed by atoms with Crippen molar-refractivity contribution in [3.63, 3.8) is 0 Å². The van der Waals surface area contributed by atoms with Gasteiger partial charge in [0.15, 0.2) is 0 Å². The number of aromatic nitrogens is 2. The summed E-state index contributed by atoms with van der Waals surface area (Å²) in [4.78, 5) is 24.2. The van der Waals surface area contributed by atoms with Gasteiger partial charge in [-0.15, -0.1) is 0 Å². The number of nitrogens with one attached hydrogen (secondary N) is 2. The molecule has 0 aromatic carbocycles. The zero-order chi connectivity index (χ0) is 14.5. The topological polar surface area (TPSA) is 98.3 Å². The van der Waals surface area contributed by atoms with Crippen LogP contribution in [0.3, 0.4) is 0 Å². The predicted octanol–water partition coefficient (Wildman–Crippen LogP) is 0.767. The van der Waals surface area contributed by atoms with Gasteiger partial charge in [-0.25, -0.2) is 4.79 Å². The van der Waals surface area contributed by atoms with E-state index in [1.54, 1.807) is 11.1 Å². The summed E-state index contributed by atoms with van der Waals surface area (Å²) in [5, 5.41) is 18.5. The maximum absolute atomic E-state index is 11.8. The standard InChI is InChI=1S/C13H20N4O3/c1-9-10(7-15-16-9)3-2-5-14-13(20)17-6-4-11(8-17)12(18)19/h7,11H,2-6,8H2,1H3,(H,14,20)(H,15,16)(H,18,19). The molecule has 2 heterocycles. The molecule has 2 rings (SSSR count). The van der Waals surface area contributed by atoms with Crippen LogP contribution in [0.1, 0.15) is 24.1 Å². The molecule has 110 valence electrons. The molecular formula is C13H20N4O3. The van der Waals surface area contributed by atoms with Crippen LogP contribution in [0.25, 0.3) is 0 Å². The minimum Gasteiger partial charge on any atom is -0.481 e. The fraction of sp³-hybridized carbons (Fsp3) is 0.615. The van der Waals surface area contributed by atoms with Gasteiger partial charge in [-0.2, -0.15) is 5.10 Å². The van der Waals surface area contributed by atoms with Crippen molar-refractivity contribution in [1.82, 2.24) is 20.4 Å². The largest absolute Gasteiger partial charge is 0.481 e. The summed E-state index contributed by atoms with van der Waals surface area (Å²) < 4.78 is 0. The van der Waals surface area contributed by atoms with Crippen LogP contribution in [-0.2, 0) is 11.2 Å². The first-order valence-corrected chi connectivity index (χ1v) is 6.82. The molecule has 1 aromatic heterocycles. The second kappa shape index (κ2) is 6.40. The lowest BCUT2D eigenvalue weighted by molar-refractivity contribution is -0.141. The highest BCUT2D eigenvalue weighted by Crippen LogP contribution is 2.16. The number of nitrogens with zero attached hydrogens (tertiary/aromatic N) is 2. The van der Waals surface area contributed by atoms with E-state index < -0.39 is 11.9 Å². The first-order valence-electron chi connectivity index (χ1n) is 6.82.